The molecule has 0 unspecified atom stereocenters. The fourth-order valence-corrected chi connectivity index (χ4v) is 3.05. The number of aromatic nitrogens is 4. The second-order valence-electron chi connectivity index (χ2n) is 6.41. The summed E-state index contributed by atoms with van der Waals surface area (Å²) in [6.45, 7) is 2.81. The molecular weight excluding hydrogens is 302 g/mol. The average molecular weight is 323 g/mol. The van der Waals surface area contributed by atoms with E-state index in [1.54, 1.807) is 0 Å². The molecule has 2 aromatic heterocycles. The van der Waals surface area contributed by atoms with Crippen molar-refractivity contribution in [2.75, 3.05) is 11.9 Å². The van der Waals surface area contributed by atoms with Gasteiger partial charge >= 0.3 is 0 Å². The van der Waals surface area contributed by atoms with E-state index in [4.69, 9.17) is 0 Å². The first-order chi connectivity index (χ1) is 11.7. The van der Waals surface area contributed by atoms with Crippen LogP contribution in [0, 0.1) is 6.92 Å². The summed E-state index contributed by atoms with van der Waals surface area (Å²) in [6.07, 6.45) is 5.92. The molecule has 2 heterocycles. The summed E-state index contributed by atoms with van der Waals surface area (Å²) in [6, 6.07) is 7.86. The van der Waals surface area contributed by atoms with Gasteiger partial charge in [0.2, 0.25) is 5.95 Å². The SMILES string of the molecule is Cc1[nH]ncc1CCCNc1nc2ccccc2c(=O)n1C1CC1. The maximum atomic E-state index is 12.8. The first-order valence-corrected chi connectivity index (χ1v) is 8.48. The number of anilines is 1. The van der Waals surface area contributed by atoms with Crippen molar-refractivity contribution in [2.24, 2.45) is 0 Å². The van der Waals surface area contributed by atoms with Gasteiger partial charge in [-0.15, -0.1) is 0 Å². The number of aromatic amines is 1. The lowest BCUT2D eigenvalue weighted by atomic mass is 10.1. The molecule has 6 heteroatoms. The summed E-state index contributed by atoms with van der Waals surface area (Å²) in [5.41, 5.74) is 3.18. The standard InChI is InChI=1S/C18H21N5O/c1-12-13(11-20-22-12)5-4-10-19-18-21-16-7-3-2-6-15(16)17(24)23(18)14-8-9-14/h2-3,6-7,11,14H,4-5,8-10H2,1H3,(H,19,21)(H,20,22). The second-order valence-corrected chi connectivity index (χ2v) is 6.41. The number of rotatable bonds is 6. The minimum Gasteiger partial charge on any atom is -0.356 e. The van der Waals surface area contributed by atoms with Crippen molar-refractivity contribution in [1.29, 1.82) is 0 Å². The van der Waals surface area contributed by atoms with E-state index >= 15 is 0 Å². The van der Waals surface area contributed by atoms with Crippen LogP contribution in [0.2, 0.25) is 0 Å². The number of aryl methyl sites for hydroxylation is 2. The van der Waals surface area contributed by atoms with Crippen LogP contribution < -0.4 is 10.9 Å². The zero-order valence-electron chi connectivity index (χ0n) is 13.7. The van der Waals surface area contributed by atoms with E-state index < -0.39 is 0 Å². The van der Waals surface area contributed by atoms with Crippen LogP contribution in [0.5, 0.6) is 0 Å². The van der Waals surface area contributed by atoms with Crippen molar-refractivity contribution >= 4 is 16.9 Å². The molecule has 0 amide bonds. The predicted molar refractivity (Wildman–Crippen MR) is 94.4 cm³/mol. The average Bonchev–Trinajstić information content (AvgIpc) is 3.34. The third-order valence-corrected chi connectivity index (χ3v) is 4.56. The monoisotopic (exact) mass is 323 g/mol. The molecule has 1 aliphatic rings. The summed E-state index contributed by atoms with van der Waals surface area (Å²) in [5, 5.41) is 11.1. The van der Waals surface area contributed by atoms with Crippen molar-refractivity contribution in [3.63, 3.8) is 0 Å². The molecule has 1 fully saturated rings. The first-order valence-electron chi connectivity index (χ1n) is 8.48. The highest BCUT2D eigenvalue weighted by Crippen LogP contribution is 2.35. The maximum absolute atomic E-state index is 12.8. The molecule has 3 aromatic rings. The molecule has 1 saturated carbocycles. The van der Waals surface area contributed by atoms with Gasteiger partial charge in [0.1, 0.15) is 0 Å². The summed E-state index contributed by atoms with van der Waals surface area (Å²) in [5.74, 6) is 0.699. The third kappa shape index (κ3) is 2.79. The van der Waals surface area contributed by atoms with Gasteiger partial charge in [0.05, 0.1) is 17.1 Å². The number of nitrogens with one attached hydrogen (secondary N) is 2. The Morgan fingerprint density at radius 2 is 2.17 bits per heavy atom. The van der Waals surface area contributed by atoms with E-state index in [2.05, 4.69) is 20.5 Å². The van der Waals surface area contributed by atoms with Crippen molar-refractivity contribution in [3.8, 4) is 0 Å². The molecule has 0 saturated heterocycles. The quantitative estimate of drug-likeness (QED) is 0.684. The molecule has 0 aliphatic heterocycles. The van der Waals surface area contributed by atoms with Crippen LogP contribution >= 0.6 is 0 Å². The Morgan fingerprint density at radius 1 is 1.33 bits per heavy atom. The van der Waals surface area contributed by atoms with Gasteiger partial charge in [0.15, 0.2) is 0 Å². The molecule has 2 N–H and O–H groups in total. The topological polar surface area (TPSA) is 75.6 Å². The summed E-state index contributed by atoms with van der Waals surface area (Å²) in [7, 11) is 0. The van der Waals surface area contributed by atoms with Gasteiger partial charge in [0, 0.05) is 18.3 Å². The second kappa shape index (κ2) is 6.11. The Hall–Kier alpha value is -2.63. The Bertz CT molecular complexity index is 923. The number of benzene rings is 1. The van der Waals surface area contributed by atoms with Crippen LogP contribution in [0.4, 0.5) is 5.95 Å². The fourth-order valence-electron chi connectivity index (χ4n) is 3.05. The number of H-pyrrole nitrogens is 1. The summed E-state index contributed by atoms with van der Waals surface area (Å²) >= 11 is 0. The van der Waals surface area contributed by atoms with Gasteiger partial charge in [-0.25, -0.2) is 4.98 Å². The van der Waals surface area contributed by atoms with Gasteiger partial charge in [-0.2, -0.15) is 5.10 Å². The highest BCUT2D eigenvalue weighted by molar-refractivity contribution is 5.78. The molecule has 0 radical (unpaired) electrons. The highest BCUT2D eigenvalue weighted by Gasteiger charge is 2.28. The Morgan fingerprint density at radius 3 is 2.92 bits per heavy atom. The molecule has 0 atom stereocenters. The van der Waals surface area contributed by atoms with Gasteiger partial charge in [-0.05, 0) is 50.3 Å². The number of hydrogen-bond acceptors (Lipinski definition) is 4. The fraction of sp³-hybridized carbons (Fsp3) is 0.389. The Balaban J connectivity index is 1.54. The summed E-state index contributed by atoms with van der Waals surface area (Å²) < 4.78 is 1.84. The molecule has 4 rings (SSSR count). The maximum Gasteiger partial charge on any atom is 0.263 e. The van der Waals surface area contributed by atoms with Gasteiger partial charge in [0.25, 0.3) is 5.56 Å². The molecule has 124 valence electrons. The van der Waals surface area contributed by atoms with Crippen molar-refractivity contribution in [1.82, 2.24) is 19.7 Å². The summed E-state index contributed by atoms with van der Waals surface area (Å²) in [4.78, 5) is 17.4. The zero-order chi connectivity index (χ0) is 16.5. The predicted octanol–water partition coefficient (Wildman–Crippen LogP) is 2.81. The van der Waals surface area contributed by atoms with Gasteiger partial charge in [-0.3, -0.25) is 14.5 Å². The number of hydrogen-bond donors (Lipinski definition) is 2. The van der Waals surface area contributed by atoms with Gasteiger partial charge in [-0.1, -0.05) is 12.1 Å². The van der Waals surface area contributed by atoms with E-state index in [1.165, 1.54) is 5.56 Å². The van der Waals surface area contributed by atoms with E-state index in [9.17, 15) is 4.79 Å². The Kier molecular flexibility index (Phi) is 3.80. The van der Waals surface area contributed by atoms with Crippen molar-refractivity contribution < 1.29 is 0 Å². The van der Waals surface area contributed by atoms with Crippen LogP contribution in [-0.4, -0.2) is 26.3 Å². The van der Waals surface area contributed by atoms with Crippen LogP contribution in [-0.2, 0) is 6.42 Å². The number of para-hydroxylation sites is 1. The van der Waals surface area contributed by atoms with E-state index in [1.807, 2.05) is 42.0 Å². The van der Waals surface area contributed by atoms with Crippen LogP contribution in [0.25, 0.3) is 10.9 Å². The number of fused-ring (bicyclic) bond motifs is 1. The molecule has 24 heavy (non-hydrogen) atoms. The van der Waals surface area contributed by atoms with Gasteiger partial charge < -0.3 is 5.32 Å². The molecule has 0 bridgehead atoms. The van der Waals surface area contributed by atoms with Crippen molar-refractivity contribution in [2.45, 2.75) is 38.6 Å². The van der Waals surface area contributed by atoms with E-state index in [0.29, 0.717) is 17.4 Å². The Labute approximate surface area is 139 Å². The largest absolute Gasteiger partial charge is 0.356 e. The normalized spacial score (nSPS) is 14.2. The molecule has 1 aromatic carbocycles. The van der Waals surface area contributed by atoms with Crippen molar-refractivity contribution in [3.05, 3.63) is 52.1 Å². The minimum atomic E-state index is 0.0660. The van der Waals surface area contributed by atoms with Crippen LogP contribution in [0.3, 0.4) is 0 Å². The minimum absolute atomic E-state index is 0.0660. The van der Waals surface area contributed by atoms with E-state index in [-0.39, 0.29) is 5.56 Å². The third-order valence-electron chi connectivity index (χ3n) is 4.56. The van der Waals surface area contributed by atoms with Crippen LogP contribution in [0.15, 0.2) is 35.3 Å². The zero-order valence-corrected chi connectivity index (χ0v) is 13.7. The molecule has 0 spiro atoms. The number of nitrogens with zero attached hydrogens (tertiary/aromatic N) is 3. The van der Waals surface area contributed by atoms with E-state index in [0.717, 1.165) is 43.4 Å². The molecule has 1 aliphatic carbocycles. The first kappa shape index (κ1) is 14.9. The highest BCUT2D eigenvalue weighted by atomic mass is 16.1. The lowest BCUT2D eigenvalue weighted by Crippen LogP contribution is -2.24. The molecule has 6 nitrogen and oxygen atoms in total. The smallest absolute Gasteiger partial charge is 0.263 e. The lowest BCUT2D eigenvalue weighted by Gasteiger charge is -2.14. The molecular formula is C18H21N5O. The lowest BCUT2D eigenvalue weighted by molar-refractivity contribution is 0.698. The van der Waals surface area contributed by atoms with Crippen LogP contribution in [0.1, 0.15) is 36.6 Å².